The van der Waals surface area contributed by atoms with Crippen LogP contribution < -0.4 is 5.73 Å². The fourth-order valence-corrected chi connectivity index (χ4v) is 2.62. The van der Waals surface area contributed by atoms with Crippen LogP contribution in [0.5, 0.6) is 0 Å². The third-order valence-electron chi connectivity index (χ3n) is 3.43. The lowest BCUT2D eigenvalue weighted by molar-refractivity contribution is 0.344. The molecule has 0 heterocycles. The van der Waals surface area contributed by atoms with Crippen LogP contribution in [0.15, 0.2) is 18.2 Å². The molecule has 2 N–H and O–H groups in total. The summed E-state index contributed by atoms with van der Waals surface area (Å²) in [5.74, 6) is 1.04. The molecule has 0 saturated heterocycles. The molecule has 1 aliphatic rings. The minimum absolute atomic E-state index is 0.169. The van der Waals surface area contributed by atoms with Crippen LogP contribution in [-0.4, -0.2) is 0 Å². The third-order valence-corrected chi connectivity index (χ3v) is 3.43. The van der Waals surface area contributed by atoms with Gasteiger partial charge in [0.25, 0.3) is 0 Å². The molecule has 1 aliphatic carbocycles. The molecule has 1 aromatic carbocycles. The summed E-state index contributed by atoms with van der Waals surface area (Å²) in [6.45, 7) is 2.27. The first kappa shape index (κ1) is 10.5. The molecule has 0 aliphatic heterocycles. The van der Waals surface area contributed by atoms with Crippen molar-refractivity contribution in [2.45, 2.75) is 38.5 Å². The molecule has 0 spiro atoms. The van der Waals surface area contributed by atoms with E-state index in [2.05, 4.69) is 6.92 Å². The van der Waals surface area contributed by atoms with Gasteiger partial charge in [-0.05, 0) is 48.4 Å². The maximum absolute atomic E-state index is 13.1. The highest BCUT2D eigenvalue weighted by Gasteiger charge is 2.22. The Labute approximate surface area is 90.5 Å². The van der Waals surface area contributed by atoms with Crippen LogP contribution in [0.3, 0.4) is 0 Å². The van der Waals surface area contributed by atoms with Crippen LogP contribution in [-0.2, 0) is 0 Å². The Morgan fingerprint density at radius 1 is 1.33 bits per heavy atom. The Morgan fingerprint density at radius 2 is 2.13 bits per heavy atom. The predicted molar refractivity (Wildman–Crippen MR) is 61.2 cm³/mol. The number of hydrogen-bond acceptors (Lipinski definition) is 1. The Hall–Kier alpha value is -1.05. The van der Waals surface area contributed by atoms with Gasteiger partial charge in [0.1, 0.15) is 5.82 Å². The maximum atomic E-state index is 13.1. The molecular weight excluding hydrogens is 189 g/mol. The van der Waals surface area contributed by atoms with Crippen LogP contribution in [0.1, 0.15) is 44.1 Å². The summed E-state index contributed by atoms with van der Waals surface area (Å²) < 4.78 is 13.1. The van der Waals surface area contributed by atoms with Crippen molar-refractivity contribution in [2.24, 2.45) is 5.92 Å². The fourth-order valence-electron chi connectivity index (χ4n) is 2.62. The van der Waals surface area contributed by atoms with Crippen molar-refractivity contribution in [3.8, 4) is 0 Å². The van der Waals surface area contributed by atoms with Gasteiger partial charge in [0, 0.05) is 5.69 Å². The Morgan fingerprint density at radius 3 is 2.87 bits per heavy atom. The van der Waals surface area contributed by atoms with Gasteiger partial charge in [-0.1, -0.05) is 19.8 Å². The monoisotopic (exact) mass is 207 g/mol. The molecule has 0 amide bonds. The van der Waals surface area contributed by atoms with E-state index in [0.717, 1.165) is 30.0 Å². The van der Waals surface area contributed by atoms with Crippen LogP contribution in [0.2, 0.25) is 0 Å². The van der Waals surface area contributed by atoms with Gasteiger partial charge in [-0.3, -0.25) is 0 Å². The van der Waals surface area contributed by atoms with Crippen molar-refractivity contribution < 1.29 is 4.39 Å². The summed E-state index contributed by atoms with van der Waals surface area (Å²) >= 11 is 0. The molecule has 0 radical (unpaired) electrons. The minimum Gasteiger partial charge on any atom is -0.398 e. The summed E-state index contributed by atoms with van der Waals surface area (Å²) in [7, 11) is 0. The van der Waals surface area contributed by atoms with Crippen LogP contribution in [0.25, 0.3) is 0 Å². The van der Waals surface area contributed by atoms with Gasteiger partial charge >= 0.3 is 0 Å². The SMILES string of the molecule is CC1CCCC(c2cc(F)ccc2N)C1. The molecule has 1 nitrogen and oxygen atoms in total. The lowest BCUT2D eigenvalue weighted by Gasteiger charge is -2.27. The first-order valence-corrected chi connectivity index (χ1v) is 5.71. The van der Waals surface area contributed by atoms with E-state index in [0.29, 0.717) is 5.92 Å². The first-order chi connectivity index (χ1) is 7.16. The third kappa shape index (κ3) is 2.31. The van der Waals surface area contributed by atoms with Crippen LogP contribution in [0, 0.1) is 11.7 Å². The van der Waals surface area contributed by atoms with Crippen molar-refractivity contribution in [3.63, 3.8) is 0 Å². The van der Waals surface area contributed by atoms with E-state index in [9.17, 15) is 4.39 Å². The molecule has 0 aromatic heterocycles. The summed E-state index contributed by atoms with van der Waals surface area (Å²) in [6.07, 6.45) is 4.83. The number of nitrogens with two attached hydrogens (primary N) is 1. The highest BCUT2D eigenvalue weighted by molar-refractivity contribution is 5.48. The van der Waals surface area contributed by atoms with Crippen molar-refractivity contribution in [3.05, 3.63) is 29.6 Å². The van der Waals surface area contributed by atoms with Gasteiger partial charge in [-0.15, -0.1) is 0 Å². The van der Waals surface area contributed by atoms with E-state index in [4.69, 9.17) is 5.73 Å². The molecular formula is C13H18FN. The van der Waals surface area contributed by atoms with E-state index >= 15 is 0 Å². The van der Waals surface area contributed by atoms with Gasteiger partial charge in [-0.25, -0.2) is 4.39 Å². The zero-order valence-electron chi connectivity index (χ0n) is 9.17. The van der Waals surface area contributed by atoms with Gasteiger partial charge in [0.2, 0.25) is 0 Å². The standard InChI is InChI=1S/C13H18FN/c1-9-3-2-4-10(7-9)12-8-11(14)5-6-13(12)15/h5-6,8-10H,2-4,7,15H2,1H3. The molecule has 1 saturated carbocycles. The van der Waals surface area contributed by atoms with Crippen molar-refractivity contribution >= 4 is 5.69 Å². The lowest BCUT2D eigenvalue weighted by atomic mass is 9.78. The van der Waals surface area contributed by atoms with Crippen LogP contribution in [0.4, 0.5) is 10.1 Å². The summed E-state index contributed by atoms with van der Waals surface area (Å²) in [5.41, 5.74) is 7.66. The minimum atomic E-state index is -0.169. The molecule has 82 valence electrons. The largest absolute Gasteiger partial charge is 0.398 e. The zero-order valence-corrected chi connectivity index (χ0v) is 9.17. The predicted octanol–water partition coefficient (Wildman–Crippen LogP) is 3.70. The number of anilines is 1. The smallest absolute Gasteiger partial charge is 0.123 e. The van der Waals surface area contributed by atoms with Gasteiger partial charge < -0.3 is 5.73 Å². The molecule has 1 aromatic rings. The zero-order chi connectivity index (χ0) is 10.8. The van der Waals surface area contributed by atoms with Gasteiger partial charge in [0.05, 0.1) is 0 Å². The van der Waals surface area contributed by atoms with Crippen LogP contribution >= 0.6 is 0 Å². The molecule has 1 fully saturated rings. The maximum Gasteiger partial charge on any atom is 0.123 e. The van der Waals surface area contributed by atoms with E-state index in [-0.39, 0.29) is 5.82 Å². The Balaban J connectivity index is 2.24. The highest BCUT2D eigenvalue weighted by Crippen LogP contribution is 2.38. The Kier molecular flexibility index (Phi) is 2.94. The summed E-state index contributed by atoms with van der Waals surface area (Å²) in [5, 5.41) is 0. The molecule has 2 atom stereocenters. The topological polar surface area (TPSA) is 26.0 Å². The second-order valence-corrected chi connectivity index (χ2v) is 4.74. The molecule has 2 rings (SSSR count). The summed E-state index contributed by atoms with van der Waals surface area (Å²) in [4.78, 5) is 0. The number of benzene rings is 1. The van der Waals surface area contributed by atoms with E-state index in [1.165, 1.54) is 18.9 Å². The average Bonchev–Trinajstić information content (AvgIpc) is 2.22. The van der Waals surface area contributed by atoms with E-state index < -0.39 is 0 Å². The first-order valence-electron chi connectivity index (χ1n) is 5.71. The lowest BCUT2D eigenvalue weighted by Crippen LogP contribution is -2.13. The number of hydrogen-bond donors (Lipinski definition) is 1. The molecule has 2 heteroatoms. The van der Waals surface area contributed by atoms with Crippen molar-refractivity contribution in [1.29, 1.82) is 0 Å². The quantitative estimate of drug-likeness (QED) is 0.698. The van der Waals surface area contributed by atoms with E-state index in [1.54, 1.807) is 12.1 Å². The highest BCUT2D eigenvalue weighted by atomic mass is 19.1. The number of nitrogen functional groups attached to an aromatic ring is 1. The average molecular weight is 207 g/mol. The second kappa shape index (κ2) is 4.21. The van der Waals surface area contributed by atoms with Crippen molar-refractivity contribution in [1.82, 2.24) is 0 Å². The number of rotatable bonds is 1. The van der Waals surface area contributed by atoms with Crippen molar-refractivity contribution in [2.75, 3.05) is 5.73 Å². The second-order valence-electron chi connectivity index (χ2n) is 4.74. The Bertz CT molecular complexity index is 348. The normalized spacial score (nSPS) is 26.5. The number of halogens is 1. The molecule has 0 bridgehead atoms. The summed E-state index contributed by atoms with van der Waals surface area (Å²) in [6, 6.07) is 4.73. The molecule has 2 unspecified atom stereocenters. The fraction of sp³-hybridized carbons (Fsp3) is 0.538. The molecule has 15 heavy (non-hydrogen) atoms. The van der Waals surface area contributed by atoms with Gasteiger partial charge in [-0.2, -0.15) is 0 Å². The van der Waals surface area contributed by atoms with Gasteiger partial charge in [0.15, 0.2) is 0 Å². The van der Waals surface area contributed by atoms with E-state index in [1.807, 2.05) is 0 Å².